The van der Waals surface area contributed by atoms with Crippen molar-refractivity contribution in [1.82, 2.24) is 10.6 Å². The number of aliphatic carboxylic acids is 1. The Morgan fingerprint density at radius 3 is 2.37 bits per heavy atom. The van der Waals surface area contributed by atoms with E-state index in [0.29, 0.717) is 32.2 Å². The van der Waals surface area contributed by atoms with Crippen LogP contribution in [0.4, 0.5) is 4.79 Å². The lowest BCUT2D eigenvalue weighted by atomic mass is 9.97. The number of carbonyl (C=O) groups is 3. The van der Waals surface area contributed by atoms with Gasteiger partial charge in [-0.25, -0.2) is 9.59 Å². The average molecular weight is 273 g/mol. The number of carbonyl (C=O) groups excluding carboxylic acids is 2. The summed E-state index contributed by atoms with van der Waals surface area (Å²) in [5.74, 6) is -1.43. The molecule has 5 N–H and O–H groups in total. The summed E-state index contributed by atoms with van der Waals surface area (Å²) >= 11 is 0. The molecule has 1 unspecified atom stereocenters. The van der Waals surface area contributed by atoms with Gasteiger partial charge in [0.15, 0.2) is 0 Å². The van der Waals surface area contributed by atoms with Crippen molar-refractivity contribution in [2.75, 3.05) is 6.54 Å². The number of primary amides is 1. The number of hydrogen-bond acceptors (Lipinski definition) is 3. The molecule has 0 aromatic heterocycles. The van der Waals surface area contributed by atoms with Gasteiger partial charge in [-0.1, -0.05) is 13.3 Å². The van der Waals surface area contributed by atoms with Crippen LogP contribution in [0.15, 0.2) is 0 Å². The van der Waals surface area contributed by atoms with Gasteiger partial charge in [0.2, 0.25) is 5.91 Å². The van der Waals surface area contributed by atoms with Crippen LogP contribution in [-0.2, 0) is 9.59 Å². The van der Waals surface area contributed by atoms with Crippen LogP contribution in [0.25, 0.3) is 0 Å². The zero-order chi connectivity index (χ0) is 14.9. The van der Waals surface area contributed by atoms with Crippen molar-refractivity contribution in [2.24, 2.45) is 5.73 Å². The van der Waals surface area contributed by atoms with Gasteiger partial charge in [0.25, 0.3) is 0 Å². The van der Waals surface area contributed by atoms with Crippen LogP contribution >= 0.6 is 0 Å². The van der Waals surface area contributed by atoms with Crippen LogP contribution in [0, 0.1) is 0 Å². The summed E-state index contributed by atoms with van der Waals surface area (Å²) in [5.41, 5.74) is 3.72. The maximum atomic E-state index is 11.6. The van der Waals surface area contributed by atoms with Crippen LogP contribution < -0.4 is 16.4 Å². The molecule has 0 aromatic rings. The van der Waals surface area contributed by atoms with Gasteiger partial charge in [0, 0.05) is 13.0 Å². The fourth-order valence-corrected chi connectivity index (χ4v) is 1.64. The third-order valence-corrected chi connectivity index (χ3v) is 2.75. The number of carboxylic acid groups (broad SMARTS) is 1. The molecular formula is C12H23N3O4. The fourth-order valence-electron chi connectivity index (χ4n) is 1.64. The summed E-state index contributed by atoms with van der Waals surface area (Å²) in [4.78, 5) is 33.1. The Kier molecular flexibility index (Phi) is 7.55. The Hall–Kier alpha value is -1.79. The van der Waals surface area contributed by atoms with E-state index in [-0.39, 0.29) is 12.3 Å². The smallest absolute Gasteiger partial charge is 0.329 e. The number of amides is 3. The van der Waals surface area contributed by atoms with Gasteiger partial charge in [-0.05, 0) is 26.2 Å². The molecule has 0 rings (SSSR count). The van der Waals surface area contributed by atoms with E-state index in [2.05, 4.69) is 10.6 Å². The number of carboxylic acids is 1. The Morgan fingerprint density at radius 1 is 1.26 bits per heavy atom. The Balaban J connectivity index is 4.01. The first-order chi connectivity index (χ1) is 8.81. The van der Waals surface area contributed by atoms with Crippen molar-refractivity contribution in [3.63, 3.8) is 0 Å². The number of nitrogens with two attached hydrogens (primary N) is 1. The number of hydrogen-bond donors (Lipinski definition) is 4. The van der Waals surface area contributed by atoms with Crippen LogP contribution in [0.3, 0.4) is 0 Å². The van der Waals surface area contributed by atoms with Gasteiger partial charge in [0.05, 0.1) is 0 Å². The van der Waals surface area contributed by atoms with Crippen molar-refractivity contribution >= 4 is 17.9 Å². The van der Waals surface area contributed by atoms with Gasteiger partial charge in [0.1, 0.15) is 5.54 Å². The minimum Gasteiger partial charge on any atom is -0.480 e. The predicted molar refractivity (Wildman–Crippen MR) is 70.5 cm³/mol. The van der Waals surface area contributed by atoms with Gasteiger partial charge in [-0.3, -0.25) is 4.79 Å². The van der Waals surface area contributed by atoms with E-state index >= 15 is 0 Å². The number of urea groups is 1. The number of rotatable bonds is 9. The molecule has 0 saturated heterocycles. The highest BCUT2D eigenvalue weighted by atomic mass is 16.4. The highest BCUT2D eigenvalue weighted by Gasteiger charge is 2.33. The first-order valence-corrected chi connectivity index (χ1v) is 6.39. The summed E-state index contributed by atoms with van der Waals surface area (Å²) in [6.45, 7) is 3.71. The maximum absolute atomic E-state index is 11.6. The van der Waals surface area contributed by atoms with E-state index in [4.69, 9.17) is 10.8 Å². The quantitative estimate of drug-likeness (QED) is 0.459. The van der Waals surface area contributed by atoms with Crippen LogP contribution in [0.2, 0.25) is 0 Å². The maximum Gasteiger partial charge on any atom is 0.329 e. The molecule has 0 spiro atoms. The molecule has 1 atom stereocenters. The number of unbranched alkanes of at least 4 members (excludes halogenated alkanes) is 1. The molecule has 0 heterocycles. The second-order valence-electron chi connectivity index (χ2n) is 4.69. The lowest BCUT2D eigenvalue weighted by molar-refractivity contribution is -0.144. The SMILES string of the molecule is CCCC(C)(NC(=O)NCCCCC(N)=O)C(=O)O. The van der Waals surface area contributed by atoms with Crippen molar-refractivity contribution in [3.05, 3.63) is 0 Å². The summed E-state index contributed by atoms with van der Waals surface area (Å²) < 4.78 is 0. The monoisotopic (exact) mass is 273 g/mol. The minimum atomic E-state index is -1.26. The standard InChI is InChI=1S/C12H23N3O4/c1-3-7-12(2,10(17)18)15-11(19)14-8-5-4-6-9(13)16/h3-8H2,1-2H3,(H2,13,16)(H,17,18)(H2,14,15,19). The van der Waals surface area contributed by atoms with Gasteiger partial charge in [-0.15, -0.1) is 0 Å². The highest BCUT2D eigenvalue weighted by molar-refractivity contribution is 5.85. The van der Waals surface area contributed by atoms with Crippen molar-refractivity contribution < 1.29 is 19.5 Å². The zero-order valence-electron chi connectivity index (χ0n) is 11.5. The Labute approximate surface area is 112 Å². The fraction of sp³-hybridized carbons (Fsp3) is 0.750. The van der Waals surface area contributed by atoms with E-state index < -0.39 is 17.5 Å². The van der Waals surface area contributed by atoms with E-state index in [9.17, 15) is 14.4 Å². The second-order valence-corrected chi connectivity index (χ2v) is 4.69. The first kappa shape index (κ1) is 17.2. The third-order valence-electron chi connectivity index (χ3n) is 2.75. The van der Waals surface area contributed by atoms with Crippen LogP contribution in [0.1, 0.15) is 46.0 Å². The van der Waals surface area contributed by atoms with Gasteiger partial charge < -0.3 is 21.5 Å². The van der Waals surface area contributed by atoms with Gasteiger partial charge >= 0.3 is 12.0 Å². The second kappa shape index (κ2) is 8.34. The largest absolute Gasteiger partial charge is 0.480 e. The molecule has 0 aliphatic rings. The van der Waals surface area contributed by atoms with Gasteiger partial charge in [-0.2, -0.15) is 0 Å². The molecule has 0 aliphatic heterocycles. The molecular weight excluding hydrogens is 250 g/mol. The van der Waals surface area contributed by atoms with Crippen molar-refractivity contribution in [2.45, 2.75) is 51.5 Å². The molecule has 3 amide bonds. The minimum absolute atomic E-state index is 0.284. The van der Waals surface area contributed by atoms with Crippen molar-refractivity contribution in [1.29, 1.82) is 0 Å². The normalized spacial score (nSPS) is 13.4. The van der Waals surface area contributed by atoms with E-state index in [1.54, 1.807) is 0 Å². The van der Waals surface area contributed by atoms with E-state index in [1.165, 1.54) is 6.92 Å². The molecule has 0 saturated carbocycles. The summed E-state index contributed by atoms with van der Waals surface area (Å²) in [5, 5.41) is 14.1. The molecule has 110 valence electrons. The molecule has 0 aromatic carbocycles. The van der Waals surface area contributed by atoms with Crippen molar-refractivity contribution in [3.8, 4) is 0 Å². The predicted octanol–water partition coefficient (Wildman–Crippen LogP) is 0.585. The van der Waals surface area contributed by atoms with Crippen LogP contribution in [-0.4, -0.2) is 35.1 Å². The number of nitrogens with one attached hydrogen (secondary N) is 2. The molecule has 0 bridgehead atoms. The Bertz CT molecular complexity index is 333. The molecule has 7 nitrogen and oxygen atoms in total. The summed E-state index contributed by atoms with van der Waals surface area (Å²) in [6.07, 6.45) is 2.51. The zero-order valence-corrected chi connectivity index (χ0v) is 11.5. The lowest BCUT2D eigenvalue weighted by Gasteiger charge is -2.25. The first-order valence-electron chi connectivity index (χ1n) is 6.39. The van der Waals surface area contributed by atoms with Crippen LogP contribution in [0.5, 0.6) is 0 Å². The highest BCUT2D eigenvalue weighted by Crippen LogP contribution is 2.12. The summed E-state index contributed by atoms with van der Waals surface area (Å²) in [7, 11) is 0. The molecule has 7 heteroatoms. The van der Waals surface area contributed by atoms with E-state index in [0.717, 1.165) is 0 Å². The molecule has 0 fully saturated rings. The average Bonchev–Trinajstić information content (AvgIpc) is 2.28. The topological polar surface area (TPSA) is 122 Å². The molecule has 19 heavy (non-hydrogen) atoms. The van der Waals surface area contributed by atoms with E-state index in [1.807, 2.05) is 6.92 Å². The third kappa shape index (κ3) is 7.28. The lowest BCUT2D eigenvalue weighted by Crippen LogP contribution is -2.55. The molecule has 0 radical (unpaired) electrons. The summed E-state index contributed by atoms with van der Waals surface area (Å²) in [6, 6.07) is -0.516. The Morgan fingerprint density at radius 2 is 1.89 bits per heavy atom. The molecule has 0 aliphatic carbocycles.